The molecule has 2 heteroatoms. The molecule has 0 amide bonds. The highest BCUT2D eigenvalue weighted by Crippen LogP contribution is 2.32. The second-order valence-electron chi connectivity index (χ2n) is 2.75. The van der Waals surface area contributed by atoms with Crippen LogP contribution in [0.1, 0.15) is 26.7 Å². The summed E-state index contributed by atoms with van der Waals surface area (Å²) in [7, 11) is 0. The number of rotatable bonds is 2. The quantitative estimate of drug-likeness (QED) is 0.437. The minimum Gasteiger partial charge on any atom is -0.387 e. The van der Waals surface area contributed by atoms with Gasteiger partial charge in [-0.3, -0.25) is 4.99 Å². The molecule has 52 valence electrons. The average Bonchev–Trinajstić information content (AvgIpc) is 2.47. The van der Waals surface area contributed by atoms with E-state index in [1.165, 1.54) is 6.42 Å². The second kappa shape index (κ2) is 2.38. The Kier molecular flexibility index (Phi) is 1.74. The molecule has 0 aromatic carbocycles. The maximum absolute atomic E-state index is 5.53. The van der Waals surface area contributed by atoms with E-state index in [2.05, 4.69) is 11.9 Å². The van der Waals surface area contributed by atoms with Gasteiger partial charge in [-0.15, -0.1) is 0 Å². The van der Waals surface area contributed by atoms with Crippen LogP contribution >= 0.6 is 0 Å². The van der Waals surface area contributed by atoms with E-state index in [-0.39, 0.29) is 0 Å². The van der Waals surface area contributed by atoms with Gasteiger partial charge in [0.2, 0.25) is 0 Å². The van der Waals surface area contributed by atoms with Crippen LogP contribution in [0.15, 0.2) is 4.99 Å². The number of hydrogen-bond acceptors (Lipinski definition) is 1. The predicted octanol–water partition coefficient (Wildman–Crippen LogP) is 1.16. The van der Waals surface area contributed by atoms with Crippen molar-refractivity contribution in [1.29, 1.82) is 0 Å². The zero-order valence-corrected chi connectivity index (χ0v) is 6.09. The number of amidine groups is 1. The Morgan fingerprint density at radius 3 is 2.67 bits per heavy atom. The third kappa shape index (κ3) is 1.70. The van der Waals surface area contributed by atoms with Crippen LogP contribution in [-0.2, 0) is 0 Å². The molecule has 2 N–H and O–H groups in total. The van der Waals surface area contributed by atoms with Crippen LogP contribution < -0.4 is 5.73 Å². The fourth-order valence-electron chi connectivity index (χ4n) is 0.787. The lowest BCUT2D eigenvalue weighted by Gasteiger charge is -1.91. The molecule has 2 atom stereocenters. The van der Waals surface area contributed by atoms with Gasteiger partial charge >= 0.3 is 0 Å². The third-order valence-electron chi connectivity index (χ3n) is 1.76. The van der Waals surface area contributed by atoms with Crippen LogP contribution in [0, 0.1) is 5.92 Å². The minimum absolute atomic E-state index is 0.560. The lowest BCUT2D eigenvalue weighted by atomic mass is 10.4. The first-order valence-corrected chi connectivity index (χ1v) is 3.56. The van der Waals surface area contributed by atoms with E-state index < -0.39 is 0 Å². The van der Waals surface area contributed by atoms with E-state index in [0.29, 0.717) is 6.04 Å². The SMILES string of the molecule is CCC(N)=NC1CC1C. The van der Waals surface area contributed by atoms with Crippen molar-refractivity contribution in [2.75, 3.05) is 0 Å². The Balaban J connectivity index is 2.31. The van der Waals surface area contributed by atoms with E-state index in [1.807, 2.05) is 6.92 Å². The van der Waals surface area contributed by atoms with Gasteiger partial charge < -0.3 is 5.73 Å². The van der Waals surface area contributed by atoms with Crippen molar-refractivity contribution in [3.8, 4) is 0 Å². The van der Waals surface area contributed by atoms with Gasteiger partial charge in [0.15, 0.2) is 0 Å². The summed E-state index contributed by atoms with van der Waals surface area (Å²) >= 11 is 0. The summed E-state index contributed by atoms with van der Waals surface area (Å²) in [5, 5.41) is 0. The molecule has 1 rings (SSSR count). The van der Waals surface area contributed by atoms with Crippen LogP contribution in [0.4, 0.5) is 0 Å². The van der Waals surface area contributed by atoms with Crippen LogP contribution in [0.3, 0.4) is 0 Å². The first-order valence-electron chi connectivity index (χ1n) is 3.56. The molecule has 1 aliphatic carbocycles. The van der Waals surface area contributed by atoms with E-state index in [1.54, 1.807) is 0 Å². The third-order valence-corrected chi connectivity index (χ3v) is 1.76. The van der Waals surface area contributed by atoms with Gasteiger partial charge in [-0.1, -0.05) is 13.8 Å². The van der Waals surface area contributed by atoms with Crippen LogP contribution in [0.2, 0.25) is 0 Å². The molecule has 0 aromatic heterocycles. The lowest BCUT2D eigenvalue weighted by molar-refractivity contribution is 0.889. The number of nitrogens with two attached hydrogens (primary N) is 1. The summed E-state index contributed by atoms with van der Waals surface area (Å²) < 4.78 is 0. The molecule has 0 aliphatic heterocycles. The van der Waals surface area contributed by atoms with Crippen molar-refractivity contribution < 1.29 is 0 Å². The van der Waals surface area contributed by atoms with Crippen LogP contribution in [0.5, 0.6) is 0 Å². The van der Waals surface area contributed by atoms with Crippen molar-refractivity contribution in [1.82, 2.24) is 0 Å². The maximum Gasteiger partial charge on any atom is 0.0937 e. The molecule has 2 unspecified atom stereocenters. The lowest BCUT2D eigenvalue weighted by Crippen LogP contribution is -2.10. The highest BCUT2D eigenvalue weighted by Gasteiger charge is 2.31. The normalized spacial score (nSPS) is 34.7. The molecule has 1 saturated carbocycles. The smallest absolute Gasteiger partial charge is 0.0937 e. The maximum atomic E-state index is 5.53. The first kappa shape index (κ1) is 6.59. The van der Waals surface area contributed by atoms with Gasteiger partial charge in [0, 0.05) is 6.42 Å². The van der Waals surface area contributed by atoms with Crippen molar-refractivity contribution in [3.63, 3.8) is 0 Å². The Hall–Kier alpha value is -0.530. The highest BCUT2D eigenvalue weighted by atomic mass is 14.9. The van der Waals surface area contributed by atoms with Crippen molar-refractivity contribution in [2.45, 2.75) is 32.7 Å². The van der Waals surface area contributed by atoms with E-state index in [0.717, 1.165) is 18.2 Å². The predicted molar refractivity (Wildman–Crippen MR) is 39.5 cm³/mol. The minimum atomic E-state index is 0.560. The Morgan fingerprint density at radius 2 is 2.33 bits per heavy atom. The van der Waals surface area contributed by atoms with Crippen LogP contribution in [-0.4, -0.2) is 11.9 Å². The molecule has 0 heterocycles. The summed E-state index contributed by atoms with van der Waals surface area (Å²) in [6.07, 6.45) is 2.13. The topological polar surface area (TPSA) is 38.4 Å². The number of aliphatic imine (C=N–C) groups is 1. The summed E-state index contributed by atoms with van der Waals surface area (Å²) in [6, 6.07) is 0.560. The molecule has 9 heavy (non-hydrogen) atoms. The van der Waals surface area contributed by atoms with Gasteiger partial charge in [-0.25, -0.2) is 0 Å². The Labute approximate surface area is 56.2 Å². The molecule has 1 aliphatic rings. The van der Waals surface area contributed by atoms with Crippen molar-refractivity contribution >= 4 is 5.84 Å². The molecular formula is C7H14N2. The van der Waals surface area contributed by atoms with Crippen molar-refractivity contribution in [3.05, 3.63) is 0 Å². The van der Waals surface area contributed by atoms with Gasteiger partial charge in [0.25, 0.3) is 0 Å². The molecule has 0 saturated heterocycles. The summed E-state index contributed by atoms with van der Waals surface area (Å²) in [6.45, 7) is 4.24. The molecule has 0 aromatic rings. The summed E-state index contributed by atoms with van der Waals surface area (Å²) in [5.74, 6) is 1.60. The molecule has 0 spiro atoms. The fourth-order valence-corrected chi connectivity index (χ4v) is 0.787. The molecule has 1 fully saturated rings. The average molecular weight is 126 g/mol. The second-order valence-corrected chi connectivity index (χ2v) is 2.75. The molecule has 0 radical (unpaired) electrons. The van der Waals surface area contributed by atoms with Gasteiger partial charge in [0.1, 0.15) is 0 Å². The van der Waals surface area contributed by atoms with Crippen LogP contribution in [0.25, 0.3) is 0 Å². The van der Waals surface area contributed by atoms with E-state index >= 15 is 0 Å². The van der Waals surface area contributed by atoms with E-state index in [4.69, 9.17) is 5.73 Å². The number of nitrogens with zero attached hydrogens (tertiary/aromatic N) is 1. The molecular weight excluding hydrogens is 112 g/mol. The zero-order valence-electron chi connectivity index (χ0n) is 6.09. The Morgan fingerprint density at radius 1 is 1.78 bits per heavy atom. The van der Waals surface area contributed by atoms with Gasteiger partial charge in [-0.2, -0.15) is 0 Å². The fraction of sp³-hybridized carbons (Fsp3) is 0.857. The molecule has 0 bridgehead atoms. The Bertz CT molecular complexity index is 129. The zero-order chi connectivity index (χ0) is 6.85. The summed E-state index contributed by atoms with van der Waals surface area (Å²) in [4.78, 5) is 4.28. The van der Waals surface area contributed by atoms with E-state index in [9.17, 15) is 0 Å². The number of hydrogen-bond donors (Lipinski definition) is 1. The van der Waals surface area contributed by atoms with Crippen molar-refractivity contribution in [2.24, 2.45) is 16.6 Å². The highest BCUT2D eigenvalue weighted by molar-refractivity contribution is 5.80. The molecule has 2 nitrogen and oxygen atoms in total. The first-order chi connectivity index (χ1) is 4.24. The van der Waals surface area contributed by atoms with Gasteiger partial charge in [-0.05, 0) is 12.3 Å². The van der Waals surface area contributed by atoms with Gasteiger partial charge in [0.05, 0.1) is 11.9 Å². The largest absolute Gasteiger partial charge is 0.387 e. The monoisotopic (exact) mass is 126 g/mol. The standard InChI is InChI=1S/C7H14N2/c1-3-7(8)9-6-4-5(6)2/h5-6H,3-4H2,1-2H3,(H2,8,9). The summed E-state index contributed by atoms with van der Waals surface area (Å²) in [5.41, 5.74) is 5.53.